The van der Waals surface area contributed by atoms with Crippen molar-refractivity contribution in [2.45, 2.75) is 147 Å². The molecule has 62 heavy (non-hydrogen) atoms. The Balaban J connectivity index is 0.813. The molecule has 3 saturated carbocycles. The Morgan fingerprint density at radius 3 is 2.68 bits per heavy atom. The van der Waals surface area contributed by atoms with Gasteiger partial charge in [-0.25, -0.2) is 4.98 Å². The second kappa shape index (κ2) is 22.3. The molecule has 12 heteroatoms. The van der Waals surface area contributed by atoms with Crippen molar-refractivity contribution < 1.29 is 35.0 Å². The van der Waals surface area contributed by atoms with Gasteiger partial charge in [-0.3, -0.25) is 0 Å². The highest BCUT2D eigenvalue weighted by Crippen LogP contribution is 2.48. The minimum atomic E-state index is -0.935. The predicted octanol–water partition coefficient (Wildman–Crippen LogP) is 5.80. The van der Waals surface area contributed by atoms with Crippen molar-refractivity contribution in [2.75, 3.05) is 32.0 Å². The van der Waals surface area contributed by atoms with Crippen LogP contribution in [0.5, 0.6) is 11.5 Å². The van der Waals surface area contributed by atoms with Crippen molar-refractivity contribution >= 4 is 11.5 Å². The number of phenols is 1. The molecule has 3 fully saturated rings. The number of fused-ring (bicyclic) bond motifs is 2. The first-order chi connectivity index (χ1) is 30.0. The van der Waals surface area contributed by atoms with Gasteiger partial charge >= 0.3 is 0 Å². The Bertz CT molecular complexity index is 1840. The highest BCUT2D eigenvalue weighted by atomic mass is 16.5. The van der Waals surface area contributed by atoms with Crippen LogP contribution in [-0.2, 0) is 12.8 Å². The van der Waals surface area contributed by atoms with Gasteiger partial charge in [0.15, 0.2) is 17.6 Å². The number of ether oxygens (including phenoxy) is 2. The first-order valence-corrected chi connectivity index (χ1v) is 23.7. The van der Waals surface area contributed by atoms with E-state index in [1.54, 1.807) is 19.2 Å². The number of nitrogens with zero attached hydrogens (tertiary/aromatic N) is 2. The van der Waals surface area contributed by atoms with Crippen LogP contribution in [0.1, 0.15) is 114 Å². The number of nitrogens with two attached hydrogens (primary N) is 2. The van der Waals surface area contributed by atoms with Crippen LogP contribution in [0.25, 0.3) is 0 Å². The summed E-state index contributed by atoms with van der Waals surface area (Å²) in [6, 6.07) is 9.32. The normalized spacial score (nSPS) is 27.5. The van der Waals surface area contributed by atoms with E-state index < -0.39 is 12.2 Å². The van der Waals surface area contributed by atoms with Crippen LogP contribution in [0, 0.1) is 41.6 Å². The number of unbranched alkanes of at least 4 members (excludes halogenated alkanes) is 1. The molecule has 5 aliphatic rings. The van der Waals surface area contributed by atoms with Crippen LogP contribution >= 0.6 is 0 Å². The summed E-state index contributed by atoms with van der Waals surface area (Å²) >= 11 is 0. The molecule has 3 aliphatic carbocycles. The number of aromatic nitrogens is 1. The van der Waals surface area contributed by atoms with Crippen LogP contribution in [-0.4, -0.2) is 97.7 Å². The molecule has 12 nitrogen and oxygen atoms in total. The van der Waals surface area contributed by atoms with Gasteiger partial charge in [-0.05, 0) is 130 Å². The number of aromatic hydroxyl groups is 1. The van der Waals surface area contributed by atoms with E-state index in [4.69, 9.17) is 25.9 Å². The summed E-state index contributed by atoms with van der Waals surface area (Å²) in [7, 11) is 0. The second-order valence-electron chi connectivity index (χ2n) is 19.1. The first-order valence-electron chi connectivity index (χ1n) is 23.7. The Labute approximate surface area is 369 Å². The fourth-order valence-electron chi connectivity index (χ4n) is 11.1. The van der Waals surface area contributed by atoms with E-state index >= 15 is 0 Å². The molecule has 340 valence electrons. The Hall–Kier alpha value is -3.62. The molecule has 11 N–H and O–H groups in total. The predicted molar refractivity (Wildman–Crippen MR) is 244 cm³/mol. The number of allylic oxidation sites excluding steroid dienone is 1. The summed E-state index contributed by atoms with van der Waals surface area (Å²) in [5.41, 5.74) is 17.2. The van der Waals surface area contributed by atoms with Gasteiger partial charge in [-0.2, -0.15) is 0 Å². The number of anilines is 1. The third kappa shape index (κ3) is 12.5. The van der Waals surface area contributed by atoms with Gasteiger partial charge < -0.3 is 51.8 Å². The molecule has 0 radical (unpaired) electrons. The van der Waals surface area contributed by atoms with Crippen molar-refractivity contribution in [3.8, 4) is 11.5 Å². The number of aryl methyl sites for hydroxylation is 2. The lowest BCUT2D eigenvalue weighted by Gasteiger charge is -2.35. The average molecular weight is 857 g/mol. The van der Waals surface area contributed by atoms with Gasteiger partial charge in [-0.15, -0.1) is 16.6 Å². The van der Waals surface area contributed by atoms with Gasteiger partial charge in [0.2, 0.25) is 5.70 Å². The van der Waals surface area contributed by atoms with E-state index in [-0.39, 0.29) is 37.2 Å². The molecule has 0 spiro atoms. The van der Waals surface area contributed by atoms with Crippen molar-refractivity contribution in [3.05, 3.63) is 83.1 Å². The van der Waals surface area contributed by atoms with Crippen molar-refractivity contribution in [1.82, 2.24) is 10.3 Å². The molecular formula is C50H74N5O7+. The number of pyridine rings is 1. The maximum Gasteiger partial charge on any atom is 0.208 e. The largest absolute Gasteiger partial charge is 0.504 e. The zero-order valence-corrected chi connectivity index (χ0v) is 36.9. The Morgan fingerprint density at radius 1 is 1.03 bits per heavy atom. The number of benzene rings is 1. The monoisotopic (exact) mass is 857 g/mol. The summed E-state index contributed by atoms with van der Waals surface area (Å²) in [6.07, 6.45) is 22.0. The molecular weight excluding hydrogens is 783 g/mol. The molecule has 0 amide bonds. The molecule has 0 bridgehead atoms. The molecule has 2 aliphatic heterocycles. The SMILES string of the molecule is CC(O)CNCC1[C+]2C=C(C(O)COc3cc(CC[C-]4C=C(CO)C(CCCCC5CCC(CC(O)CCc6ccnc(N)c6)C(N)C5)[OH+]4)ccc3O)N=C2CCC2CCCC21. The zero-order valence-electron chi connectivity index (χ0n) is 36.9. The second-order valence-corrected chi connectivity index (χ2v) is 19.1. The number of aliphatic hydroxyl groups is 6. The number of phenolic OH excluding ortho intramolecular Hbond substituents is 1. The minimum absolute atomic E-state index is 0.00137. The Kier molecular flexibility index (Phi) is 16.7. The maximum absolute atomic E-state index is 11.3. The number of hydrogen-bond donors (Lipinski definition) is 8. The van der Waals surface area contributed by atoms with Crippen LogP contribution < -0.4 is 21.5 Å². The van der Waals surface area contributed by atoms with Crippen LogP contribution in [0.15, 0.2) is 64.9 Å². The van der Waals surface area contributed by atoms with E-state index in [2.05, 4.69) is 22.5 Å². The molecule has 2 aromatic rings. The highest BCUT2D eigenvalue weighted by molar-refractivity contribution is 6.03. The number of aliphatic hydroxyl groups excluding tert-OH is 4. The van der Waals surface area contributed by atoms with E-state index in [1.165, 1.54) is 25.2 Å². The van der Waals surface area contributed by atoms with Crippen LogP contribution in [0.2, 0.25) is 0 Å². The van der Waals surface area contributed by atoms with E-state index in [1.807, 2.05) is 24.3 Å². The van der Waals surface area contributed by atoms with Crippen LogP contribution in [0.3, 0.4) is 0 Å². The number of aliphatic imine (C=N–C) groups is 1. The van der Waals surface area contributed by atoms with Crippen molar-refractivity contribution in [2.24, 2.45) is 40.3 Å². The molecule has 10 unspecified atom stereocenters. The quantitative estimate of drug-likeness (QED) is 0.0405. The summed E-state index contributed by atoms with van der Waals surface area (Å²) in [6.45, 7) is 3.12. The lowest BCUT2D eigenvalue weighted by atomic mass is 9.74. The number of rotatable bonds is 22. The maximum atomic E-state index is 11.3. The van der Waals surface area contributed by atoms with E-state index in [0.29, 0.717) is 72.7 Å². The summed E-state index contributed by atoms with van der Waals surface area (Å²) < 4.78 is 11.1. The Morgan fingerprint density at radius 2 is 1.87 bits per heavy atom. The highest BCUT2D eigenvalue weighted by Gasteiger charge is 2.49. The summed E-state index contributed by atoms with van der Waals surface area (Å²) in [4.78, 5) is 8.97. The van der Waals surface area contributed by atoms with E-state index in [9.17, 15) is 25.5 Å². The summed E-state index contributed by atoms with van der Waals surface area (Å²) in [5.74, 6) is 4.65. The van der Waals surface area contributed by atoms with Gasteiger partial charge in [0.05, 0.1) is 24.2 Å². The van der Waals surface area contributed by atoms with Crippen molar-refractivity contribution in [3.63, 3.8) is 0 Å². The van der Waals surface area contributed by atoms with Gasteiger partial charge in [0.1, 0.15) is 36.2 Å². The standard InChI is InChI=1S/C50H73N5O7/c1-31(57)27-53-28-42-40-7-4-6-35(40)14-17-44-41(42)26-45(55-44)47(60)30-61-49-22-33(12-18-46(49)59)11-16-39-25-37(29-56)48(62-39)8-3-2-5-32-9-13-36(43(51)21-32)24-38(58)15-10-34-19-20-54-50(52)23-34/h12,18-20,22-23,25-26,31-32,35-36,38,40,42-43,47-48,53,56-58,60,62H,2-11,13-17,21,24,27-30,51H2,1H3,(H2-,52,54,59)/p+1. The number of nitrogen functional groups attached to an aromatic ring is 1. The molecule has 1 aromatic carbocycles. The van der Waals surface area contributed by atoms with Crippen LogP contribution in [0.4, 0.5) is 5.82 Å². The molecule has 3 heterocycles. The summed E-state index contributed by atoms with van der Waals surface area (Å²) in [5, 5.41) is 56.2. The van der Waals surface area contributed by atoms with Gasteiger partial charge in [0.25, 0.3) is 0 Å². The third-order valence-corrected chi connectivity index (χ3v) is 14.5. The van der Waals surface area contributed by atoms with Crippen molar-refractivity contribution in [1.29, 1.82) is 0 Å². The lowest BCUT2D eigenvalue weighted by Crippen LogP contribution is -2.38. The average Bonchev–Trinajstić information content (AvgIpc) is 3.99. The molecule has 0 saturated heterocycles. The fraction of sp³-hybridized carbons (Fsp3) is 0.640. The lowest BCUT2D eigenvalue weighted by molar-refractivity contribution is -0.0553. The van der Waals surface area contributed by atoms with Gasteiger partial charge in [0, 0.05) is 44.8 Å². The molecule has 1 aromatic heterocycles. The number of hydrogen-bond acceptors (Lipinski definition) is 11. The number of nitrogens with one attached hydrogen (secondary N) is 1. The van der Waals surface area contributed by atoms with E-state index in [0.717, 1.165) is 106 Å². The smallest absolute Gasteiger partial charge is 0.208 e. The minimum Gasteiger partial charge on any atom is -0.504 e. The first kappa shape index (κ1) is 46.4. The molecule has 10 atom stereocenters. The molecule has 7 rings (SSSR count). The van der Waals surface area contributed by atoms with Gasteiger partial charge in [-0.1, -0.05) is 38.2 Å². The topological polar surface area (TPSA) is 212 Å². The fourth-order valence-corrected chi connectivity index (χ4v) is 11.1. The zero-order chi connectivity index (χ0) is 43.6. The third-order valence-electron chi connectivity index (χ3n) is 14.5.